The summed E-state index contributed by atoms with van der Waals surface area (Å²) < 4.78 is 11.3. The first-order chi connectivity index (χ1) is 12.6. The summed E-state index contributed by atoms with van der Waals surface area (Å²) in [6, 6.07) is 15.5. The second-order valence-electron chi connectivity index (χ2n) is 6.87. The molecule has 0 bridgehead atoms. The van der Waals surface area contributed by atoms with Gasteiger partial charge in [0.05, 0.1) is 6.04 Å². The quantitative estimate of drug-likeness (QED) is 0.746. The number of carbonyl (C=O) groups is 1. The van der Waals surface area contributed by atoms with E-state index in [-0.39, 0.29) is 17.9 Å². The fraction of sp³-hybridized carbons (Fsp3) is 0.286. The molecular formula is C21H22N2O3. The van der Waals surface area contributed by atoms with E-state index in [1.54, 1.807) is 0 Å². The Labute approximate surface area is 152 Å². The maximum Gasteiger partial charge on any atom is 0.268 e. The van der Waals surface area contributed by atoms with Crippen molar-refractivity contribution in [3.8, 4) is 11.5 Å². The van der Waals surface area contributed by atoms with Crippen molar-refractivity contribution in [1.82, 2.24) is 10.3 Å². The van der Waals surface area contributed by atoms with Crippen LogP contribution >= 0.6 is 0 Å². The Kier molecular flexibility index (Phi) is 4.29. The number of benzene rings is 2. The van der Waals surface area contributed by atoms with E-state index in [9.17, 15) is 4.79 Å². The van der Waals surface area contributed by atoms with Crippen LogP contribution in [0.3, 0.4) is 0 Å². The lowest BCUT2D eigenvalue weighted by molar-refractivity contribution is 0.0921. The zero-order chi connectivity index (χ0) is 18.1. The monoisotopic (exact) mass is 350 g/mol. The van der Waals surface area contributed by atoms with Gasteiger partial charge in [-0.1, -0.05) is 38.1 Å². The SMILES string of the molecule is CC(C)[C@@H](NC(=O)c1cc2ccccc2[nH]1)c1ccc2c(c1)OCCO2. The number of hydrogen-bond donors (Lipinski definition) is 2. The Hall–Kier alpha value is -2.95. The minimum Gasteiger partial charge on any atom is -0.486 e. The molecule has 0 saturated carbocycles. The van der Waals surface area contributed by atoms with Gasteiger partial charge in [0.15, 0.2) is 11.5 Å². The lowest BCUT2D eigenvalue weighted by atomic mass is 9.95. The van der Waals surface area contributed by atoms with Crippen molar-refractivity contribution < 1.29 is 14.3 Å². The molecule has 0 fully saturated rings. The Morgan fingerprint density at radius 3 is 2.58 bits per heavy atom. The average Bonchev–Trinajstić information content (AvgIpc) is 3.09. The molecule has 3 aromatic rings. The van der Waals surface area contributed by atoms with Crippen LogP contribution < -0.4 is 14.8 Å². The number of carbonyl (C=O) groups excluding carboxylic acids is 1. The maximum absolute atomic E-state index is 12.8. The molecule has 2 heterocycles. The number of para-hydroxylation sites is 1. The van der Waals surface area contributed by atoms with E-state index in [2.05, 4.69) is 24.1 Å². The molecule has 1 aliphatic rings. The van der Waals surface area contributed by atoms with Gasteiger partial charge in [-0.3, -0.25) is 4.79 Å². The highest BCUT2D eigenvalue weighted by molar-refractivity contribution is 5.98. The summed E-state index contributed by atoms with van der Waals surface area (Å²) in [5.74, 6) is 1.60. The highest BCUT2D eigenvalue weighted by Gasteiger charge is 2.22. The summed E-state index contributed by atoms with van der Waals surface area (Å²) in [6.07, 6.45) is 0. The molecule has 0 aliphatic carbocycles. The Bertz CT molecular complexity index is 912. The normalized spacial score (nSPS) is 14.4. The fourth-order valence-electron chi connectivity index (χ4n) is 3.30. The van der Waals surface area contributed by atoms with E-state index in [0.29, 0.717) is 18.9 Å². The van der Waals surface area contributed by atoms with Crippen molar-refractivity contribution in [2.45, 2.75) is 19.9 Å². The van der Waals surface area contributed by atoms with Crippen LogP contribution in [0, 0.1) is 5.92 Å². The van der Waals surface area contributed by atoms with Crippen LogP contribution in [0.5, 0.6) is 11.5 Å². The van der Waals surface area contributed by atoms with Crippen LogP contribution in [-0.4, -0.2) is 24.1 Å². The van der Waals surface area contributed by atoms with Crippen molar-refractivity contribution in [2.75, 3.05) is 13.2 Å². The zero-order valence-electron chi connectivity index (χ0n) is 14.9. The first-order valence-electron chi connectivity index (χ1n) is 8.90. The molecule has 134 valence electrons. The van der Waals surface area contributed by atoms with Crippen LogP contribution in [-0.2, 0) is 0 Å². The molecule has 26 heavy (non-hydrogen) atoms. The molecule has 0 radical (unpaired) electrons. The lowest BCUT2D eigenvalue weighted by Gasteiger charge is -2.25. The number of ether oxygens (including phenoxy) is 2. The van der Waals surface area contributed by atoms with Crippen molar-refractivity contribution in [3.05, 3.63) is 59.8 Å². The van der Waals surface area contributed by atoms with Crippen LogP contribution in [0.4, 0.5) is 0 Å². The van der Waals surface area contributed by atoms with Gasteiger partial charge in [0.2, 0.25) is 0 Å². The molecule has 5 heteroatoms. The predicted octanol–water partition coefficient (Wildman–Crippen LogP) is 4.07. The van der Waals surface area contributed by atoms with Crippen LogP contribution in [0.25, 0.3) is 10.9 Å². The summed E-state index contributed by atoms with van der Waals surface area (Å²) in [4.78, 5) is 16.0. The number of nitrogens with one attached hydrogen (secondary N) is 2. The third-order valence-corrected chi connectivity index (χ3v) is 4.65. The topological polar surface area (TPSA) is 63.4 Å². The average molecular weight is 350 g/mol. The molecule has 1 atom stereocenters. The van der Waals surface area contributed by atoms with Crippen LogP contribution in [0.2, 0.25) is 0 Å². The van der Waals surface area contributed by atoms with E-state index >= 15 is 0 Å². The van der Waals surface area contributed by atoms with Crippen LogP contribution in [0.15, 0.2) is 48.5 Å². The highest BCUT2D eigenvalue weighted by Crippen LogP contribution is 2.34. The minimum atomic E-state index is -0.121. The standard InChI is InChI=1S/C21H22N2O3/c1-13(2)20(15-7-8-18-19(12-15)26-10-9-25-18)23-21(24)17-11-14-5-3-4-6-16(14)22-17/h3-8,11-13,20,22H,9-10H2,1-2H3,(H,23,24)/t20-/m1/s1. The van der Waals surface area contributed by atoms with Crippen LogP contribution in [0.1, 0.15) is 35.9 Å². The van der Waals surface area contributed by atoms with Gasteiger partial charge in [0.1, 0.15) is 18.9 Å². The lowest BCUT2D eigenvalue weighted by Crippen LogP contribution is -2.32. The minimum absolute atomic E-state index is 0.116. The molecule has 1 aromatic heterocycles. The van der Waals surface area contributed by atoms with E-state index in [1.807, 2.05) is 48.5 Å². The van der Waals surface area contributed by atoms with Gasteiger partial charge in [0, 0.05) is 10.9 Å². The molecule has 0 unspecified atom stereocenters. The highest BCUT2D eigenvalue weighted by atomic mass is 16.6. The van der Waals surface area contributed by atoms with E-state index < -0.39 is 0 Å². The van der Waals surface area contributed by atoms with Gasteiger partial charge < -0.3 is 19.8 Å². The van der Waals surface area contributed by atoms with Crippen molar-refractivity contribution in [3.63, 3.8) is 0 Å². The van der Waals surface area contributed by atoms with Gasteiger partial charge in [0.25, 0.3) is 5.91 Å². The fourth-order valence-corrected chi connectivity index (χ4v) is 3.30. The molecule has 4 rings (SSSR count). The Morgan fingerprint density at radius 1 is 1.04 bits per heavy atom. The van der Waals surface area contributed by atoms with Crippen molar-refractivity contribution in [2.24, 2.45) is 5.92 Å². The second kappa shape index (κ2) is 6.75. The molecule has 0 saturated heterocycles. The molecule has 1 aliphatic heterocycles. The smallest absolute Gasteiger partial charge is 0.268 e. The van der Waals surface area contributed by atoms with Gasteiger partial charge in [-0.25, -0.2) is 0 Å². The molecular weight excluding hydrogens is 328 g/mol. The molecule has 1 amide bonds. The number of aromatic amines is 1. The number of hydrogen-bond acceptors (Lipinski definition) is 3. The summed E-state index contributed by atoms with van der Waals surface area (Å²) in [5.41, 5.74) is 2.53. The maximum atomic E-state index is 12.8. The van der Waals surface area contributed by atoms with E-state index in [4.69, 9.17) is 9.47 Å². The summed E-state index contributed by atoms with van der Waals surface area (Å²) in [7, 11) is 0. The Balaban J connectivity index is 1.59. The van der Waals surface area contributed by atoms with Gasteiger partial charge in [-0.05, 0) is 35.7 Å². The summed E-state index contributed by atoms with van der Waals surface area (Å²) in [5, 5.41) is 4.18. The third kappa shape index (κ3) is 3.12. The number of fused-ring (bicyclic) bond motifs is 2. The number of rotatable bonds is 4. The number of aromatic nitrogens is 1. The largest absolute Gasteiger partial charge is 0.486 e. The third-order valence-electron chi connectivity index (χ3n) is 4.65. The predicted molar refractivity (Wildman–Crippen MR) is 101 cm³/mol. The first kappa shape index (κ1) is 16.5. The van der Waals surface area contributed by atoms with E-state index in [1.165, 1.54) is 0 Å². The van der Waals surface area contributed by atoms with Gasteiger partial charge in [-0.2, -0.15) is 0 Å². The summed E-state index contributed by atoms with van der Waals surface area (Å²) in [6.45, 7) is 5.29. The van der Waals surface area contributed by atoms with Crippen molar-refractivity contribution >= 4 is 16.8 Å². The molecule has 0 spiro atoms. The molecule has 2 aromatic carbocycles. The molecule has 2 N–H and O–H groups in total. The second-order valence-corrected chi connectivity index (χ2v) is 6.87. The Morgan fingerprint density at radius 2 is 1.81 bits per heavy atom. The number of H-pyrrole nitrogens is 1. The van der Waals surface area contributed by atoms with Gasteiger partial charge in [-0.15, -0.1) is 0 Å². The zero-order valence-corrected chi connectivity index (χ0v) is 14.9. The van der Waals surface area contributed by atoms with Gasteiger partial charge >= 0.3 is 0 Å². The number of amides is 1. The first-order valence-corrected chi connectivity index (χ1v) is 8.90. The van der Waals surface area contributed by atoms with Crippen molar-refractivity contribution in [1.29, 1.82) is 0 Å². The van der Waals surface area contributed by atoms with E-state index in [0.717, 1.165) is 28.0 Å². The summed E-state index contributed by atoms with van der Waals surface area (Å²) >= 11 is 0. The molecule has 5 nitrogen and oxygen atoms in total.